The lowest BCUT2D eigenvalue weighted by Crippen LogP contribution is -2.38. The number of nitrogens with zero attached hydrogens (tertiary/aromatic N) is 2. The maximum atomic E-state index is 12.1. The second-order valence-corrected chi connectivity index (χ2v) is 4.12. The molecule has 0 radical (unpaired) electrons. The molecule has 0 bridgehead atoms. The third-order valence-electron chi connectivity index (χ3n) is 2.13. The van der Waals surface area contributed by atoms with Gasteiger partial charge in [-0.2, -0.15) is 0 Å². The molecule has 0 saturated carbocycles. The first-order chi connectivity index (χ1) is 8.69. The molecule has 0 atom stereocenters. The Morgan fingerprint density at radius 1 is 1.50 bits per heavy atom. The normalized spacial score (nSPS) is 10.1. The number of amides is 1. The summed E-state index contributed by atoms with van der Waals surface area (Å²) in [6.07, 6.45) is 0. The standard InChI is InChI=1S/C11H16N2O4S/c1-3-17-10(14)6-13(4-5-16-2)11(15)9-7-18-8-12-9/h7-8H,3-6H2,1-2H3. The maximum absolute atomic E-state index is 12.1. The van der Waals surface area contributed by atoms with Crippen LogP contribution < -0.4 is 0 Å². The van der Waals surface area contributed by atoms with Crippen molar-refractivity contribution in [3.05, 3.63) is 16.6 Å². The number of esters is 1. The van der Waals surface area contributed by atoms with Crippen molar-refractivity contribution < 1.29 is 19.1 Å². The molecule has 1 aromatic rings. The second kappa shape index (κ2) is 7.78. The van der Waals surface area contributed by atoms with E-state index in [0.717, 1.165) is 0 Å². The molecular weight excluding hydrogens is 256 g/mol. The highest BCUT2D eigenvalue weighted by Gasteiger charge is 2.20. The van der Waals surface area contributed by atoms with E-state index in [-0.39, 0.29) is 12.5 Å². The quantitative estimate of drug-likeness (QED) is 0.687. The summed E-state index contributed by atoms with van der Waals surface area (Å²) in [5.74, 6) is -0.724. The van der Waals surface area contributed by atoms with Crippen LogP contribution in [0.5, 0.6) is 0 Å². The minimum atomic E-state index is -0.433. The number of carbonyl (C=O) groups excluding carboxylic acids is 2. The van der Waals surface area contributed by atoms with E-state index < -0.39 is 5.97 Å². The minimum absolute atomic E-state index is 0.0897. The van der Waals surface area contributed by atoms with Crippen LogP contribution in [-0.4, -0.2) is 55.2 Å². The van der Waals surface area contributed by atoms with Crippen LogP contribution in [0.3, 0.4) is 0 Å². The van der Waals surface area contributed by atoms with Crippen LogP contribution in [0.15, 0.2) is 10.9 Å². The van der Waals surface area contributed by atoms with E-state index in [1.54, 1.807) is 17.8 Å². The smallest absolute Gasteiger partial charge is 0.325 e. The Bertz CT molecular complexity index is 380. The molecule has 1 aromatic heterocycles. The van der Waals surface area contributed by atoms with Gasteiger partial charge in [0.2, 0.25) is 0 Å². The van der Waals surface area contributed by atoms with E-state index in [1.807, 2.05) is 0 Å². The monoisotopic (exact) mass is 272 g/mol. The fraction of sp³-hybridized carbons (Fsp3) is 0.545. The van der Waals surface area contributed by atoms with Crippen LogP contribution in [0.4, 0.5) is 0 Å². The van der Waals surface area contributed by atoms with Gasteiger partial charge < -0.3 is 14.4 Å². The molecule has 0 saturated heterocycles. The predicted molar refractivity (Wildman–Crippen MR) is 66.5 cm³/mol. The van der Waals surface area contributed by atoms with E-state index in [2.05, 4.69) is 4.98 Å². The number of hydrogen-bond acceptors (Lipinski definition) is 6. The van der Waals surface area contributed by atoms with E-state index in [9.17, 15) is 9.59 Å². The molecular formula is C11H16N2O4S. The number of methoxy groups -OCH3 is 1. The Kier molecular flexibility index (Phi) is 6.31. The number of carbonyl (C=O) groups is 2. The second-order valence-electron chi connectivity index (χ2n) is 3.40. The topological polar surface area (TPSA) is 68.7 Å². The van der Waals surface area contributed by atoms with Crippen LogP contribution in [0.2, 0.25) is 0 Å². The summed E-state index contributed by atoms with van der Waals surface area (Å²) in [7, 11) is 1.54. The van der Waals surface area contributed by atoms with Crippen molar-refractivity contribution in [2.24, 2.45) is 0 Å². The molecule has 0 N–H and O–H groups in total. The zero-order valence-corrected chi connectivity index (χ0v) is 11.2. The lowest BCUT2D eigenvalue weighted by atomic mass is 10.3. The van der Waals surface area contributed by atoms with Gasteiger partial charge in [-0.15, -0.1) is 11.3 Å². The number of rotatable bonds is 7. The van der Waals surface area contributed by atoms with Crippen LogP contribution >= 0.6 is 11.3 Å². The van der Waals surface area contributed by atoms with Crippen LogP contribution in [0.25, 0.3) is 0 Å². The van der Waals surface area contributed by atoms with Gasteiger partial charge in [-0.25, -0.2) is 4.98 Å². The third kappa shape index (κ3) is 4.42. The lowest BCUT2D eigenvalue weighted by Gasteiger charge is -2.20. The van der Waals surface area contributed by atoms with Gasteiger partial charge in [-0.05, 0) is 6.92 Å². The van der Waals surface area contributed by atoms with Crippen LogP contribution in [-0.2, 0) is 14.3 Å². The molecule has 0 aromatic carbocycles. The summed E-state index contributed by atoms with van der Waals surface area (Å²) in [5.41, 5.74) is 1.91. The molecule has 7 heteroatoms. The van der Waals surface area contributed by atoms with Gasteiger partial charge in [-0.3, -0.25) is 9.59 Å². The summed E-state index contributed by atoms with van der Waals surface area (Å²) in [4.78, 5) is 28.8. The molecule has 0 aliphatic heterocycles. The van der Waals surface area contributed by atoms with Gasteiger partial charge in [0, 0.05) is 19.0 Å². The van der Waals surface area contributed by atoms with Gasteiger partial charge in [0.15, 0.2) is 0 Å². The molecule has 0 aliphatic rings. The van der Waals surface area contributed by atoms with Crippen molar-refractivity contribution in [2.45, 2.75) is 6.92 Å². The molecule has 1 amide bonds. The Balaban J connectivity index is 2.65. The molecule has 1 rings (SSSR count). The summed E-state index contributed by atoms with van der Waals surface area (Å²) in [5, 5.41) is 1.65. The largest absolute Gasteiger partial charge is 0.465 e. The summed E-state index contributed by atoms with van der Waals surface area (Å²) in [6.45, 7) is 2.61. The zero-order valence-electron chi connectivity index (χ0n) is 10.4. The molecule has 0 fully saturated rings. The highest BCUT2D eigenvalue weighted by Crippen LogP contribution is 2.06. The van der Waals surface area contributed by atoms with Crippen molar-refractivity contribution in [3.8, 4) is 0 Å². The fourth-order valence-electron chi connectivity index (χ4n) is 1.30. The van der Waals surface area contributed by atoms with Gasteiger partial charge >= 0.3 is 5.97 Å². The number of aromatic nitrogens is 1. The Morgan fingerprint density at radius 3 is 2.83 bits per heavy atom. The van der Waals surface area contributed by atoms with Gasteiger partial charge in [0.25, 0.3) is 5.91 Å². The number of hydrogen-bond donors (Lipinski definition) is 0. The zero-order chi connectivity index (χ0) is 13.4. The van der Waals surface area contributed by atoms with E-state index in [0.29, 0.717) is 25.5 Å². The average Bonchev–Trinajstić information content (AvgIpc) is 2.87. The molecule has 18 heavy (non-hydrogen) atoms. The van der Waals surface area contributed by atoms with Crippen molar-refractivity contribution in [3.63, 3.8) is 0 Å². The van der Waals surface area contributed by atoms with Crippen LogP contribution in [0, 0.1) is 0 Å². The molecule has 0 spiro atoms. The maximum Gasteiger partial charge on any atom is 0.325 e. The van der Waals surface area contributed by atoms with Crippen molar-refractivity contribution >= 4 is 23.2 Å². The van der Waals surface area contributed by atoms with Crippen molar-refractivity contribution in [1.82, 2.24) is 9.88 Å². The molecule has 1 heterocycles. The fourth-order valence-corrected chi connectivity index (χ4v) is 1.82. The van der Waals surface area contributed by atoms with E-state index in [4.69, 9.17) is 9.47 Å². The molecule has 100 valence electrons. The van der Waals surface area contributed by atoms with Crippen molar-refractivity contribution in [1.29, 1.82) is 0 Å². The lowest BCUT2D eigenvalue weighted by molar-refractivity contribution is -0.143. The molecule has 0 unspecified atom stereocenters. The summed E-state index contributed by atoms with van der Waals surface area (Å²) < 4.78 is 9.75. The number of thiazole rings is 1. The third-order valence-corrected chi connectivity index (χ3v) is 2.72. The first kappa shape index (κ1) is 14.6. The first-order valence-corrected chi connectivity index (χ1v) is 6.45. The van der Waals surface area contributed by atoms with E-state index >= 15 is 0 Å². The van der Waals surface area contributed by atoms with Crippen LogP contribution in [0.1, 0.15) is 17.4 Å². The Labute approximate surface area is 110 Å². The summed E-state index contributed by atoms with van der Waals surface area (Å²) >= 11 is 1.33. The Hall–Kier alpha value is -1.47. The number of ether oxygens (including phenoxy) is 2. The molecule has 6 nitrogen and oxygen atoms in total. The average molecular weight is 272 g/mol. The van der Waals surface area contributed by atoms with Gasteiger partial charge in [0.1, 0.15) is 12.2 Å². The Morgan fingerprint density at radius 2 is 2.28 bits per heavy atom. The van der Waals surface area contributed by atoms with Gasteiger partial charge in [0.05, 0.1) is 18.7 Å². The molecule has 0 aliphatic carbocycles. The van der Waals surface area contributed by atoms with Gasteiger partial charge in [-0.1, -0.05) is 0 Å². The predicted octanol–water partition coefficient (Wildman–Crippen LogP) is 0.795. The summed E-state index contributed by atoms with van der Waals surface area (Å²) in [6, 6.07) is 0. The minimum Gasteiger partial charge on any atom is -0.465 e. The highest BCUT2D eigenvalue weighted by atomic mass is 32.1. The van der Waals surface area contributed by atoms with E-state index in [1.165, 1.54) is 23.3 Å². The first-order valence-electron chi connectivity index (χ1n) is 5.51. The van der Waals surface area contributed by atoms with Crippen molar-refractivity contribution in [2.75, 3.05) is 33.4 Å². The SMILES string of the molecule is CCOC(=O)CN(CCOC)C(=O)c1cscn1. The highest BCUT2D eigenvalue weighted by molar-refractivity contribution is 7.07.